The second-order valence-corrected chi connectivity index (χ2v) is 3.29. The maximum atomic E-state index is 12.2. The molecule has 0 aliphatic carbocycles. The highest BCUT2D eigenvalue weighted by atomic mass is 35.5. The molecule has 2 N–H and O–H groups in total. The van der Waals surface area contributed by atoms with Crippen molar-refractivity contribution in [2.75, 3.05) is 0 Å². The van der Waals surface area contributed by atoms with Gasteiger partial charge in [-0.05, 0) is 11.6 Å². The molecule has 0 saturated heterocycles. The van der Waals surface area contributed by atoms with Gasteiger partial charge in [-0.1, -0.05) is 35.3 Å². The van der Waals surface area contributed by atoms with Crippen LogP contribution in [0.1, 0.15) is 11.6 Å². The summed E-state index contributed by atoms with van der Waals surface area (Å²) in [7, 11) is 0. The first-order valence-corrected chi connectivity index (χ1v) is 4.27. The van der Waals surface area contributed by atoms with Crippen LogP contribution in [0.2, 0.25) is 10.0 Å². The molecule has 0 aliphatic rings. The van der Waals surface area contributed by atoms with Gasteiger partial charge in [-0.3, -0.25) is 0 Å². The van der Waals surface area contributed by atoms with Gasteiger partial charge in [-0.15, -0.1) is 0 Å². The molecule has 0 radical (unpaired) electrons. The van der Waals surface area contributed by atoms with E-state index in [1.165, 1.54) is 18.2 Å². The Labute approximate surface area is 84.4 Å². The quantitative estimate of drug-likeness (QED) is 0.822. The van der Waals surface area contributed by atoms with Crippen LogP contribution in [0.3, 0.4) is 0 Å². The van der Waals surface area contributed by atoms with E-state index in [9.17, 15) is 8.78 Å². The van der Waals surface area contributed by atoms with Gasteiger partial charge < -0.3 is 5.73 Å². The maximum absolute atomic E-state index is 12.2. The number of halogens is 4. The molecular formula is C8H7Cl2F2N. The molecule has 1 atom stereocenters. The zero-order valence-electron chi connectivity index (χ0n) is 6.48. The van der Waals surface area contributed by atoms with Crippen molar-refractivity contribution in [3.63, 3.8) is 0 Å². The lowest BCUT2D eigenvalue weighted by Gasteiger charge is -2.12. The molecule has 1 aromatic rings. The highest BCUT2D eigenvalue weighted by molar-refractivity contribution is 6.42. The highest BCUT2D eigenvalue weighted by Gasteiger charge is 2.20. The first-order valence-electron chi connectivity index (χ1n) is 3.51. The first kappa shape index (κ1) is 10.7. The van der Waals surface area contributed by atoms with Crippen molar-refractivity contribution in [2.24, 2.45) is 5.73 Å². The fraction of sp³-hybridized carbons (Fsp3) is 0.250. The molecule has 5 heteroatoms. The Bertz CT molecular complexity index is 304. The van der Waals surface area contributed by atoms with Crippen molar-refractivity contribution in [3.05, 3.63) is 33.8 Å². The number of hydrogen-bond donors (Lipinski definition) is 1. The van der Waals surface area contributed by atoms with Crippen molar-refractivity contribution in [1.82, 2.24) is 0 Å². The van der Waals surface area contributed by atoms with Crippen LogP contribution in [0.25, 0.3) is 0 Å². The normalized spacial score (nSPS) is 13.4. The average Bonchev–Trinajstić information content (AvgIpc) is 2.08. The number of rotatable bonds is 2. The lowest BCUT2D eigenvalue weighted by molar-refractivity contribution is 0.116. The average molecular weight is 226 g/mol. The first-order chi connectivity index (χ1) is 6.04. The van der Waals surface area contributed by atoms with Crippen LogP contribution in [-0.4, -0.2) is 6.43 Å². The summed E-state index contributed by atoms with van der Waals surface area (Å²) >= 11 is 11.3. The summed E-state index contributed by atoms with van der Waals surface area (Å²) in [6, 6.07) is 3.11. The van der Waals surface area contributed by atoms with Gasteiger partial charge in [0.2, 0.25) is 0 Å². The SMILES string of the molecule is NC(c1cccc(Cl)c1Cl)C(F)F. The molecule has 0 saturated carbocycles. The zero-order chi connectivity index (χ0) is 10.0. The van der Waals surface area contributed by atoms with Crippen molar-refractivity contribution < 1.29 is 8.78 Å². The summed E-state index contributed by atoms with van der Waals surface area (Å²) in [5.74, 6) is 0. The van der Waals surface area contributed by atoms with E-state index >= 15 is 0 Å². The minimum absolute atomic E-state index is 0.0944. The number of benzene rings is 1. The van der Waals surface area contributed by atoms with Crippen LogP contribution < -0.4 is 5.73 Å². The Morgan fingerprint density at radius 2 is 1.85 bits per heavy atom. The van der Waals surface area contributed by atoms with Gasteiger partial charge in [-0.2, -0.15) is 0 Å². The van der Waals surface area contributed by atoms with Crippen LogP contribution in [0.5, 0.6) is 0 Å². The fourth-order valence-corrected chi connectivity index (χ4v) is 1.35. The van der Waals surface area contributed by atoms with E-state index in [0.29, 0.717) is 0 Å². The second-order valence-electron chi connectivity index (χ2n) is 2.50. The van der Waals surface area contributed by atoms with E-state index in [4.69, 9.17) is 28.9 Å². The number of nitrogens with two attached hydrogens (primary N) is 1. The molecule has 0 aliphatic heterocycles. The van der Waals surface area contributed by atoms with E-state index in [0.717, 1.165) is 0 Å². The van der Waals surface area contributed by atoms with Gasteiger partial charge in [0.15, 0.2) is 0 Å². The summed E-state index contributed by atoms with van der Waals surface area (Å²) in [6.07, 6.45) is -2.64. The van der Waals surface area contributed by atoms with Crippen LogP contribution >= 0.6 is 23.2 Å². The third kappa shape index (κ3) is 2.30. The molecule has 72 valence electrons. The summed E-state index contributed by atoms with van der Waals surface area (Å²) in [5.41, 5.74) is 5.38. The maximum Gasteiger partial charge on any atom is 0.257 e. The predicted molar refractivity (Wildman–Crippen MR) is 49.4 cm³/mol. The van der Waals surface area contributed by atoms with Crippen molar-refractivity contribution >= 4 is 23.2 Å². The zero-order valence-corrected chi connectivity index (χ0v) is 7.99. The minimum Gasteiger partial charge on any atom is -0.319 e. The largest absolute Gasteiger partial charge is 0.319 e. The van der Waals surface area contributed by atoms with E-state index < -0.39 is 12.5 Å². The fourth-order valence-electron chi connectivity index (χ4n) is 0.914. The molecule has 1 unspecified atom stereocenters. The van der Waals surface area contributed by atoms with Crippen LogP contribution in [0, 0.1) is 0 Å². The van der Waals surface area contributed by atoms with Crippen LogP contribution in [-0.2, 0) is 0 Å². The summed E-state index contributed by atoms with van der Waals surface area (Å²) in [6.45, 7) is 0. The van der Waals surface area contributed by atoms with Crippen molar-refractivity contribution in [1.29, 1.82) is 0 Å². The Kier molecular flexibility index (Phi) is 3.47. The summed E-state index contributed by atoms with van der Waals surface area (Å²) < 4.78 is 24.4. The highest BCUT2D eigenvalue weighted by Crippen LogP contribution is 2.31. The van der Waals surface area contributed by atoms with E-state index in [1.54, 1.807) is 0 Å². The summed E-state index contributed by atoms with van der Waals surface area (Å²) in [4.78, 5) is 0. The van der Waals surface area contributed by atoms with E-state index in [1.807, 2.05) is 0 Å². The molecule has 0 amide bonds. The second kappa shape index (κ2) is 4.22. The Balaban J connectivity index is 3.07. The predicted octanol–water partition coefficient (Wildman–Crippen LogP) is 3.26. The van der Waals surface area contributed by atoms with Gasteiger partial charge in [0.25, 0.3) is 6.43 Å². The van der Waals surface area contributed by atoms with Gasteiger partial charge in [0.05, 0.1) is 16.1 Å². The molecule has 1 nitrogen and oxygen atoms in total. The standard InChI is InChI=1S/C8H7Cl2F2N/c9-5-3-1-2-4(6(5)10)7(13)8(11)12/h1-3,7-8H,13H2. The molecular weight excluding hydrogens is 219 g/mol. The van der Waals surface area contributed by atoms with E-state index in [-0.39, 0.29) is 15.6 Å². The number of alkyl halides is 2. The Hall–Kier alpha value is -0.380. The monoisotopic (exact) mass is 225 g/mol. The van der Waals surface area contributed by atoms with Gasteiger partial charge >= 0.3 is 0 Å². The smallest absolute Gasteiger partial charge is 0.257 e. The third-order valence-electron chi connectivity index (χ3n) is 1.61. The Morgan fingerprint density at radius 3 is 2.38 bits per heavy atom. The molecule has 0 fully saturated rings. The van der Waals surface area contributed by atoms with Crippen molar-refractivity contribution in [3.8, 4) is 0 Å². The van der Waals surface area contributed by atoms with Crippen molar-refractivity contribution in [2.45, 2.75) is 12.5 Å². The molecule has 1 aromatic carbocycles. The number of hydrogen-bond acceptors (Lipinski definition) is 1. The molecule has 0 aromatic heterocycles. The topological polar surface area (TPSA) is 26.0 Å². The third-order valence-corrected chi connectivity index (χ3v) is 2.45. The van der Waals surface area contributed by atoms with Gasteiger partial charge in [0, 0.05) is 0 Å². The van der Waals surface area contributed by atoms with Gasteiger partial charge in [-0.25, -0.2) is 8.78 Å². The molecule has 13 heavy (non-hydrogen) atoms. The minimum atomic E-state index is -2.64. The molecule has 1 rings (SSSR count). The lowest BCUT2D eigenvalue weighted by atomic mass is 10.1. The Morgan fingerprint density at radius 1 is 1.23 bits per heavy atom. The van der Waals surface area contributed by atoms with E-state index in [2.05, 4.69) is 0 Å². The lowest BCUT2D eigenvalue weighted by Crippen LogP contribution is -2.19. The van der Waals surface area contributed by atoms with Crippen LogP contribution in [0.15, 0.2) is 18.2 Å². The molecule has 0 spiro atoms. The van der Waals surface area contributed by atoms with Crippen LogP contribution in [0.4, 0.5) is 8.78 Å². The molecule has 0 bridgehead atoms. The molecule has 0 heterocycles. The van der Waals surface area contributed by atoms with Gasteiger partial charge in [0.1, 0.15) is 0 Å². The summed E-state index contributed by atoms with van der Waals surface area (Å²) in [5, 5.41) is 0.326.